The Morgan fingerprint density at radius 3 is 2.00 bits per heavy atom. The number of hydrogen-bond donors (Lipinski definition) is 2. The maximum Gasteiger partial charge on any atom is 0.261 e. The van der Waals surface area contributed by atoms with Crippen LogP contribution in [-0.2, 0) is 10.0 Å². The fraction of sp³-hybridized carbons (Fsp3) is 0.0952. The lowest BCUT2D eigenvalue weighted by Gasteiger charge is -2.08. The third-order valence-electron chi connectivity index (χ3n) is 4.17. The van der Waals surface area contributed by atoms with E-state index in [9.17, 15) is 13.5 Å². The molecule has 0 fully saturated rings. The number of benzene rings is 3. The smallest absolute Gasteiger partial charge is 0.261 e. The lowest BCUT2D eigenvalue weighted by molar-refractivity contribution is 0.467. The van der Waals surface area contributed by atoms with Gasteiger partial charge in [-0.1, -0.05) is 0 Å². The summed E-state index contributed by atoms with van der Waals surface area (Å²) in [6, 6.07) is 17.5. The number of nitriles is 1. The van der Waals surface area contributed by atoms with Gasteiger partial charge in [0.05, 0.1) is 27.9 Å². The molecule has 0 saturated heterocycles. The SMILES string of the molecule is Cc1cc(N=Nc2ccc(S(=O)(=O)Nc3ccc(C#N)cc3)cc2)cc(C)c1O. The molecule has 3 aromatic carbocycles. The van der Waals surface area contributed by atoms with Crippen molar-refractivity contribution in [1.82, 2.24) is 0 Å². The van der Waals surface area contributed by atoms with E-state index in [1.807, 2.05) is 6.07 Å². The quantitative estimate of drug-likeness (QED) is 0.574. The van der Waals surface area contributed by atoms with Gasteiger partial charge in [-0.15, -0.1) is 0 Å². The predicted molar refractivity (Wildman–Crippen MR) is 110 cm³/mol. The first-order chi connectivity index (χ1) is 13.8. The number of phenolic OH excluding ortho intramolecular Hbond substituents is 1. The second-order valence-electron chi connectivity index (χ2n) is 6.42. The third kappa shape index (κ3) is 4.78. The van der Waals surface area contributed by atoms with E-state index in [0.717, 1.165) is 0 Å². The molecule has 0 aromatic heterocycles. The van der Waals surface area contributed by atoms with E-state index in [1.165, 1.54) is 36.4 Å². The number of sulfonamides is 1. The van der Waals surface area contributed by atoms with Gasteiger partial charge in [0.15, 0.2) is 0 Å². The Labute approximate surface area is 169 Å². The lowest BCUT2D eigenvalue weighted by atomic mass is 10.1. The van der Waals surface area contributed by atoms with Crippen molar-refractivity contribution in [2.45, 2.75) is 18.7 Å². The molecule has 3 aromatic rings. The minimum Gasteiger partial charge on any atom is -0.507 e. The summed E-state index contributed by atoms with van der Waals surface area (Å²) >= 11 is 0. The summed E-state index contributed by atoms with van der Waals surface area (Å²) < 4.78 is 27.5. The lowest BCUT2D eigenvalue weighted by Crippen LogP contribution is -2.12. The Bertz CT molecular complexity index is 1190. The molecule has 2 N–H and O–H groups in total. The zero-order valence-electron chi connectivity index (χ0n) is 15.8. The summed E-state index contributed by atoms with van der Waals surface area (Å²) in [5, 5.41) is 26.9. The number of aromatic hydroxyl groups is 1. The molecule has 0 radical (unpaired) electrons. The fourth-order valence-corrected chi connectivity index (χ4v) is 3.68. The van der Waals surface area contributed by atoms with Crippen LogP contribution in [0.5, 0.6) is 5.75 Å². The molecular weight excluding hydrogens is 388 g/mol. The van der Waals surface area contributed by atoms with Crippen LogP contribution in [0.25, 0.3) is 0 Å². The highest BCUT2D eigenvalue weighted by Crippen LogP contribution is 2.28. The van der Waals surface area contributed by atoms with Crippen LogP contribution in [0.15, 0.2) is 75.8 Å². The molecule has 0 aliphatic heterocycles. The van der Waals surface area contributed by atoms with E-state index < -0.39 is 10.0 Å². The summed E-state index contributed by atoms with van der Waals surface area (Å²) in [4.78, 5) is 0.0807. The molecule has 29 heavy (non-hydrogen) atoms. The molecular formula is C21H18N4O3S. The van der Waals surface area contributed by atoms with Gasteiger partial charge >= 0.3 is 0 Å². The monoisotopic (exact) mass is 406 g/mol. The average molecular weight is 406 g/mol. The van der Waals surface area contributed by atoms with Gasteiger partial charge in [0, 0.05) is 5.69 Å². The molecule has 0 heterocycles. The van der Waals surface area contributed by atoms with Crippen molar-refractivity contribution < 1.29 is 13.5 Å². The highest BCUT2D eigenvalue weighted by Gasteiger charge is 2.14. The van der Waals surface area contributed by atoms with Gasteiger partial charge < -0.3 is 5.11 Å². The van der Waals surface area contributed by atoms with Gasteiger partial charge in [0.2, 0.25) is 0 Å². The van der Waals surface area contributed by atoms with Gasteiger partial charge in [-0.05, 0) is 85.6 Å². The van der Waals surface area contributed by atoms with Crippen molar-refractivity contribution in [2.24, 2.45) is 10.2 Å². The Balaban J connectivity index is 1.76. The largest absolute Gasteiger partial charge is 0.507 e. The summed E-state index contributed by atoms with van der Waals surface area (Å²) in [7, 11) is -3.77. The Kier molecular flexibility index (Phi) is 5.61. The summed E-state index contributed by atoms with van der Waals surface area (Å²) in [6.45, 7) is 3.56. The molecule has 0 bridgehead atoms. The Morgan fingerprint density at radius 1 is 0.897 bits per heavy atom. The van der Waals surface area contributed by atoms with Crippen molar-refractivity contribution >= 4 is 27.1 Å². The van der Waals surface area contributed by atoms with E-state index in [-0.39, 0.29) is 10.6 Å². The summed E-state index contributed by atoms with van der Waals surface area (Å²) in [6.07, 6.45) is 0. The molecule has 0 amide bonds. The van der Waals surface area contributed by atoms with Crippen LogP contribution >= 0.6 is 0 Å². The second kappa shape index (κ2) is 8.12. The van der Waals surface area contributed by atoms with Crippen LogP contribution in [0.4, 0.5) is 17.1 Å². The first kappa shape index (κ1) is 20.0. The molecule has 0 spiro atoms. The first-order valence-corrected chi connectivity index (χ1v) is 10.1. The number of rotatable bonds is 5. The van der Waals surface area contributed by atoms with E-state index in [0.29, 0.717) is 33.8 Å². The van der Waals surface area contributed by atoms with Crippen LogP contribution in [0.3, 0.4) is 0 Å². The number of phenols is 1. The van der Waals surface area contributed by atoms with Gasteiger partial charge in [-0.3, -0.25) is 4.72 Å². The number of azo groups is 1. The number of hydrogen-bond acceptors (Lipinski definition) is 6. The van der Waals surface area contributed by atoms with Crippen molar-refractivity contribution in [1.29, 1.82) is 5.26 Å². The molecule has 146 valence electrons. The van der Waals surface area contributed by atoms with Gasteiger partial charge in [-0.2, -0.15) is 15.5 Å². The highest BCUT2D eigenvalue weighted by atomic mass is 32.2. The standard InChI is InChI=1S/C21H18N4O3S/c1-14-11-19(12-15(2)21(14)26)24-23-17-7-9-20(10-8-17)29(27,28)25-18-5-3-16(13-22)4-6-18/h3-12,25-26H,1-2H3. The van der Waals surface area contributed by atoms with Gasteiger partial charge in [-0.25, -0.2) is 8.42 Å². The molecule has 8 heteroatoms. The van der Waals surface area contributed by atoms with Crippen molar-refractivity contribution in [3.05, 3.63) is 77.4 Å². The molecule has 0 aliphatic rings. The Morgan fingerprint density at radius 2 is 1.45 bits per heavy atom. The average Bonchev–Trinajstić information content (AvgIpc) is 2.71. The van der Waals surface area contributed by atoms with Crippen molar-refractivity contribution in [3.8, 4) is 11.8 Å². The topological polar surface area (TPSA) is 115 Å². The van der Waals surface area contributed by atoms with Crippen LogP contribution in [0.2, 0.25) is 0 Å². The van der Waals surface area contributed by atoms with E-state index in [4.69, 9.17) is 5.26 Å². The van der Waals surface area contributed by atoms with E-state index in [2.05, 4.69) is 15.0 Å². The summed E-state index contributed by atoms with van der Waals surface area (Å²) in [5.74, 6) is 0.230. The Hall–Kier alpha value is -3.70. The maximum atomic E-state index is 12.5. The minimum atomic E-state index is -3.77. The van der Waals surface area contributed by atoms with E-state index in [1.54, 1.807) is 38.1 Å². The molecule has 0 atom stereocenters. The fourth-order valence-electron chi connectivity index (χ4n) is 2.63. The molecule has 7 nitrogen and oxygen atoms in total. The summed E-state index contributed by atoms with van der Waals surface area (Å²) in [5.41, 5.74) is 3.30. The van der Waals surface area contributed by atoms with Crippen molar-refractivity contribution in [3.63, 3.8) is 0 Å². The van der Waals surface area contributed by atoms with Crippen LogP contribution < -0.4 is 4.72 Å². The molecule has 0 unspecified atom stereocenters. The normalized spacial score (nSPS) is 11.3. The maximum absolute atomic E-state index is 12.5. The number of anilines is 1. The number of nitrogens with zero attached hydrogens (tertiary/aromatic N) is 3. The van der Waals surface area contributed by atoms with E-state index >= 15 is 0 Å². The first-order valence-electron chi connectivity index (χ1n) is 8.63. The highest BCUT2D eigenvalue weighted by molar-refractivity contribution is 7.92. The molecule has 0 aliphatic carbocycles. The minimum absolute atomic E-state index is 0.0807. The van der Waals surface area contributed by atoms with Crippen LogP contribution in [0.1, 0.15) is 16.7 Å². The van der Waals surface area contributed by atoms with Crippen LogP contribution in [-0.4, -0.2) is 13.5 Å². The van der Waals surface area contributed by atoms with Gasteiger partial charge in [0.25, 0.3) is 10.0 Å². The zero-order chi connectivity index (χ0) is 21.0. The zero-order valence-corrected chi connectivity index (χ0v) is 16.6. The number of aryl methyl sites for hydroxylation is 2. The van der Waals surface area contributed by atoms with Gasteiger partial charge in [0.1, 0.15) is 5.75 Å². The number of nitrogens with one attached hydrogen (secondary N) is 1. The molecule has 0 saturated carbocycles. The predicted octanol–water partition coefficient (Wildman–Crippen LogP) is 5.10. The third-order valence-corrected chi connectivity index (χ3v) is 5.57. The molecule has 3 rings (SSSR count). The van der Waals surface area contributed by atoms with Crippen molar-refractivity contribution in [2.75, 3.05) is 4.72 Å². The van der Waals surface area contributed by atoms with Crippen LogP contribution in [0, 0.1) is 25.2 Å². The second-order valence-corrected chi connectivity index (χ2v) is 8.10.